The Hall–Kier alpha value is -2.02. The zero-order valence-corrected chi connectivity index (χ0v) is 11.0. The molecule has 0 saturated heterocycles. The van der Waals surface area contributed by atoms with Crippen molar-refractivity contribution in [3.8, 4) is 11.8 Å². The predicted octanol–water partition coefficient (Wildman–Crippen LogP) is 2.93. The molecule has 0 spiro atoms. The van der Waals surface area contributed by atoms with E-state index in [0.29, 0.717) is 11.3 Å². The van der Waals surface area contributed by atoms with Gasteiger partial charge in [-0.1, -0.05) is 12.5 Å². The van der Waals surface area contributed by atoms with Gasteiger partial charge in [-0.25, -0.2) is 4.79 Å². The number of esters is 1. The third kappa shape index (κ3) is 3.25. The second-order valence-electron chi connectivity index (χ2n) is 4.70. The lowest BCUT2D eigenvalue weighted by atomic mass is 9.87. The Morgan fingerprint density at radius 1 is 1.37 bits per heavy atom. The van der Waals surface area contributed by atoms with Crippen molar-refractivity contribution in [2.24, 2.45) is 5.92 Å². The molecule has 1 fully saturated rings. The first kappa shape index (κ1) is 13.4. The molecule has 0 bridgehead atoms. The van der Waals surface area contributed by atoms with Crippen LogP contribution in [-0.4, -0.2) is 19.2 Å². The second kappa shape index (κ2) is 6.24. The van der Waals surface area contributed by atoms with Crippen LogP contribution in [0, 0.1) is 17.2 Å². The molecule has 100 valence electrons. The summed E-state index contributed by atoms with van der Waals surface area (Å²) >= 11 is 0. The lowest BCUT2D eigenvalue weighted by molar-refractivity contribution is 0.0599. The lowest BCUT2D eigenvalue weighted by Gasteiger charge is -2.27. The first-order valence-electron chi connectivity index (χ1n) is 6.49. The van der Waals surface area contributed by atoms with Crippen molar-refractivity contribution in [2.45, 2.75) is 31.8 Å². The average molecular weight is 259 g/mol. The zero-order valence-electron chi connectivity index (χ0n) is 11.0. The summed E-state index contributed by atoms with van der Waals surface area (Å²) in [5, 5.41) is 9.12. The summed E-state index contributed by atoms with van der Waals surface area (Å²) in [6, 6.07) is 9.21. The average Bonchev–Trinajstić information content (AvgIpc) is 2.47. The zero-order chi connectivity index (χ0) is 13.7. The van der Waals surface area contributed by atoms with E-state index >= 15 is 0 Å². The van der Waals surface area contributed by atoms with E-state index in [0.717, 1.165) is 25.7 Å². The van der Waals surface area contributed by atoms with Gasteiger partial charge >= 0.3 is 5.97 Å². The Balaban J connectivity index is 2.10. The molecule has 0 aromatic heterocycles. The molecular formula is C15H17NO3. The van der Waals surface area contributed by atoms with Crippen molar-refractivity contribution in [1.29, 1.82) is 5.26 Å². The number of ether oxygens (including phenoxy) is 2. The van der Waals surface area contributed by atoms with Crippen LogP contribution >= 0.6 is 0 Å². The standard InChI is InChI=1S/C15H17NO3/c1-18-15(17)11-6-4-7-13(9-11)19-14-8-3-2-5-12(14)10-16/h4,6-7,9,12,14H,2-3,5,8H2,1H3. The number of carbonyl (C=O) groups is 1. The number of benzene rings is 1. The van der Waals surface area contributed by atoms with Crippen LogP contribution in [0.25, 0.3) is 0 Å². The molecule has 4 nitrogen and oxygen atoms in total. The van der Waals surface area contributed by atoms with Gasteiger partial charge in [0.05, 0.1) is 24.7 Å². The Bertz CT molecular complexity index is 492. The van der Waals surface area contributed by atoms with Gasteiger partial charge in [-0.2, -0.15) is 5.26 Å². The van der Waals surface area contributed by atoms with E-state index in [1.54, 1.807) is 24.3 Å². The van der Waals surface area contributed by atoms with E-state index in [1.807, 2.05) is 0 Å². The Morgan fingerprint density at radius 3 is 2.89 bits per heavy atom. The lowest BCUT2D eigenvalue weighted by Crippen LogP contribution is -2.29. The molecular weight excluding hydrogens is 242 g/mol. The van der Waals surface area contributed by atoms with Gasteiger partial charge in [0.15, 0.2) is 0 Å². The Kier molecular flexibility index (Phi) is 4.40. The smallest absolute Gasteiger partial charge is 0.337 e. The van der Waals surface area contributed by atoms with Crippen LogP contribution in [0.2, 0.25) is 0 Å². The topological polar surface area (TPSA) is 59.3 Å². The minimum atomic E-state index is -0.383. The number of carbonyl (C=O) groups excluding carboxylic acids is 1. The molecule has 0 amide bonds. The minimum absolute atomic E-state index is 0.0597. The van der Waals surface area contributed by atoms with Gasteiger partial charge in [0, 0.05) is 0 Å². The maximum atomic E-state index is 11.4. The highest BCUT2D eigenvalue weighted by Gasteiger charge is 2.26. The van der Waals surface area contributed by atoms with Crippen LogP contribution in [0.5, 0.6) is 5.75 Å². The molecule has 2 atom stereocenters. The predicted molar refractivity (Wildman–Crippen MR) is 69.8 cm³/mol. The number of rotatable bonds is 3. The fourth-order valence-corrected chi connectivity index (χ4v) is 2.37. The van der Waals surface area contributed by atoms with Crippen LogP contribution in [0.3, 0.4) is 0 Å². The highest BCUT2D eigenvalue weighted by Crippen LogP contribution is 2.28. The third-order valence-electron chi connectivity index (χ3n) is 3.41. The van der Waals surface area contributed by atoms with Gasteiger partial charge in [0.2, 0.25) is 0 Å². The van der Waals surface area contributed by atoms with E-state index in [9.17, 15) is 4.79 Å². The molecule has 0 aliphatic heterocycles. The summed E-state index contributed by atoms with van der Waals surface area (Å²) < 4.78 is 10.5. The first-order chi connectivity index (χ1) is 9.24. The van der Waals surface area contributed by atoms with Gasteiger partial charge in [-0.3, -0.25) is 0 Å². The third-order valence-corrected chi connectivity index (χ3v) is 3.41. The van der Waals surface area contributed by atoms with Gasteiger partial charge < -0.3 is 9.47 Å². The normalized spacial score (nSPS) is 22.3. The van der Waals surface area contributed by atoms with E-state index < -0.39 is 0 Å². The molecule has 1 aliphatic rings. The van der Waals surface area contributed by atoms with Crippen LogP contribution in [0.4, 0.5) is 0 Å². The summed E-state index contributed by atoms with van der Waals surface area (Å²) in [5.74, 6) is 0.177. The largest absolute Gasteiger partial charge is 0.489 e. The summed E-state index contributed by atoms with van der Waals surface area (Å²) in [5.41, 5.74) is 0.462. The number of methoxy groups -OCH3 is 1. The number of hydrogen-bond acceptors (Lipinski definition) is 4. The quantitative estimate of drug-likeness (QED) is 0.783. The number of nitrogens with zero attached hydrogens (tertiary/aromatic N) is 1. The Morgan fingerprint density at radius 2 is 2.16 bits per heavy atom. The summed E-state index contributed by atoms with van der Waals surface area (Å²) in [7, 11) is 1.35. The van der Waals surface area contributed by atoms with Crippen molar-refractivity contribution < 1.29 is 14.3 Å². The molecule has 2 rings (SSSR count). The molecule has 1 saturated carbocycles. The van der Waals surface area contributed by atoms with E-state index in [-0.39, 0.29) is 18.0 Å². The summed E-state index contributed by atoms with van der Waals surface area (Å²) in [6.45, 7) is 0. The van der Waals surface area contributed by atoms with E-state index in [4.69, 9.17) is 10.00 Å². The summed E-state index contributed by atoms with van der Waals surface area (Å²) in [6.07, 6.45) is 3.87. The maximum absolute atomic E-state index is 11.4. The molecule has 4 heteroatoms. The molecule has 1 aromatic rings. The molecule has 1 aromatic carbocycles. The van der Waals surface area contributed by atoms with E-state index in [1.165, 1.54) is 7.11 Å². The molecule has 0 heterocycles. The van der Waals surface area contributed by atoms with Crippen molar-refractivity contribution in [2.75, 3.05) is 7.11 Å². The van der Waals surface area contributed by atoms with Gasteiger partial charge in [-0.05, 0) is 37.5 Å². The van der Waals surface area contributed by atoms with Crippen LogP contribution in [-0.2, 0) is 4.74 Å². The molecule has 1 aliphatic carbocycles. The van der Waals surface area contributed by atoms with Crippen molar-refractivity contribution in [1.82, 2.24) is 0 Å². The van der Waals surface area contributed by atoms with Gasteiger partial charge in [-0.15, -0.1) is 0 Å². The fourth-order valence-electron chi connectivity index (χ4n) is 2.37. The molecule has 19 heavy (non-hydrogen) atoms. The Labute approximate surface area is 112 Å². The molecule has 0 N–H and O–H groups in total. The highest BCUT2D eigenvalue weighted by atomic mass is 16.5. The van der Waals surface area contributed by atoms with Crippen LogP contribution in [0.15, 0.2) is 24.3 Å². The number of nitriles is 1. The number of hydrogen-bond donors (Lipinski definition) is 0. The SMILES string of the molecule is COC(=O)c1cccc(OC2CCCCC2C#N)c1. The van der Waals surface area contributed by atoms with Gasteiger partial charge in [0.25, 0.3) is 0 Å². The van der Waals surface area contributed by atoms with E-state index in [2.05, 4.69) is 10.8 Å². The maximum Gasteiger partial charge on any atom is 0.337 e. The second-order valence-corrected chi connectivity index (χ2v) is 4.70. The first-order valence-corrected chi connectivity index (χ1v) is 6.49. The van der Waals surface area contributed by atoms with Crippen LogP contribution in [0.1, 0.15) is 36.0 Å². The summed E-state index contributed by atoms with van der Waals surface area (Å²) in [4.78, 5) is 11.4. The van der Waals surface area contributed by atoms with Gasteiger partial charge in [0.1, 0.15) is 11.9 Å². The molecule has 2 unspecified atom stereocenters. The molecule has 0 radical (unpaired) electrons. The van der Waals surface area contributed by atoms with Crippen LogP contribution < -0.4 is 4.74 Å². The van der Waals surface area contributed by atoms with Crippen molar-refractivity contribution in [3.05, 3.63) is 29.8 Å². The monoisotopic (exact) mass is 259 g/mol. The van der Waals surface area contributed by atoms with Crippen molar-refractivity contribution in [3.63, 3.8) is 0 Å². The highest BCUT2D eigenvalue weighted by molar-refractivity contribution is 5.89. The minimum Gasteiger partial charge on any atom is -0.489 e. The van der Waals surface area contributed by atoms with Crippen molar-refractivity contribution >= 4 is 5.97 Å². The fraction of sp³-hybridized carbons (Fsp3) is 0.467.